The van der Waals surface area contributed by atoms with E-state index in [0.717, 1.165) is 11.1 Å². The van der Waals surface area contributed by atoms with E-state index in [0.29, 0.717) is 46.1 Å². The quantitative estimate of drug-likeness (QED) is 0.308. The Balaban J connectivity index is 1.72. The van der Waals surface area contributed by atoms with Gasteiger partial charge < -0.3 is 33.5 Å². The molecule has 1 heterocycles. The molecule has 0 aromatic heterocycles. The van der Waals surface area contributed by atoms with Gasteiger partial charge in [0.25, 0.3) is 0 Å². The van der Waals surface area contributed by atoms with Gasteiger partial charge in [-0.2, -0.15) is 0 Å². The molecule has 0 radical (unpaired) electrons. The van der Waals surface area contributed by atoms with Crippen LogP contribution in [0.25, 0.3) is 17.2 Å². The van der Waals surface area contributed by atoms with Gasteiger partial charge in [0.05, 0.1) is 21.3 Å². The van der Waals surface area contributed by atoms with Gasteiger partial charge in [-0.15, -0.1) is 0 Å². The maximum absolute atomic E-state index is 13.1. The summed E-state index contributed by atoms with van der Waals surface area (Å²) in [6.45, 7) is 4.23. The first-order valence-electron chi connectivity index (χ1n) is 12.8. The predicted octanol–water partition coefficient (Wildman–Crippen LogP) is 5.94. The second-order valence-corrected chi connectivity index (χ2v) is 9.75. The standard InChI is InChI=1S/C31H32O8/c1-17-13-20-14-23-29(38-16-37-23)30(35-4)25(20)26-21(15-22(32)28(34-3)31(26)36-5)27(18(17)2)39-24(33)12-11-19-9-7-6-8-10-19/h6-12,14-15,17-18,27,32H,13,16H2,1-5H3/b12-11+/t17-,18-,27+/m0/s1. The zero-order valence-electron chi connectivity index (χ0n) is 22.6. The van der Waals surface area contributed by atoms with Gasteiger partial charge in [-0.05, 0) is 41.7 Å². The number of rotatable bonds is 6. The lowest BCUT2D eigenvalue weighted by Crippen LogP contribution is -2.26. The molecule has 1 aliphatic carbocycles. The molecule has 2 aliphatic rings. The third-order valence-electron chi connectivity index (χ3n) is 7.49. The van der Waals surface area contributed by atoms with Crippen LogP contribution in [0.5, 0.6) is 34.5 Å². The minimum absolute atomic E-state index is 0.0770. The lowest BCUT2D eigenvalue weighted by molar-refractivity contribution is -0.146. The lowest BCUT2D eigenvalue weighted by Gasteiger charge is -2.35. The summed E-state index contributed by atoms with van der Waals surface area (Å²) in [6, 6.07) is 13.1. The van der Waals surface area contributed by atoms with Crippen molar-refractivity contribution in [3.05, 3.63) is 65.2 Å². The first-order valence-corrected chi connectivity index (χ1v) is 12.8. The lowest BCUT2D eigenvalue weighted by atomic mass is 9.76. The zero-order valence-corrected chi connectivity index (χ0v) is 22.6. The van der Waals surface area contributed by atoms with E-state index in [1.807, 2.05) is 43.3 Å². The molecule has 0 saturated carbocycles. The van der Waals surface area contributed by atoms with Gasteiger partial charge in [-0.3, -0.25) is 0 Å². The van der Waals surface area contributed by atoms with Gasteiger partial charge >= 0.3 is 5.97 Å². The zero-order chi connectivity index (χ0) is 27.7. The average Bonchev–Trinajstić information content (AvgIpc) is 3.41. The van der Waals surface area contributed by atoms with Crippen LogP contribution in [-0.4, -0.2) is 39.2 Å². The van der Waals surface area contributed by atoms with E-state index >= 15 is 0 Å². The molecule has 3 atom stereocenters. The van der Waals surface area contributed by atoms with Crippen molar-refractivity contribution >= 4 is 12.0 Å². The summed E-state index contributed by atoms with van der Waals surface area (Å²) in [5.41, 5.74) is 3.72. The van der Waals surface area contributed by atoms with Crippen LogP contribution in [0.15, 0.2) is 48.5 Å². The highest BCUT2D eigenvalue weighted by molar-refractivity contribution is 5.90. The molecule has 0 spiro atoms. The number of aromatic hydroxyl groups is 1. The largest absolute Gasteiger partial charge is 0.504 e. The van der Waals surface area contributed by atoms with Gasteiger partial charge in [-0.1, -0.05) is 44.2 Å². The van der Waals surface area contributed by atoms with Crippen molar-refractivity contribution in [1.82, 2.24) is 0 Å². The molecular weight excluding hydrogens is 500 g/mol. The molecule has 0 bridgehead atoms. The van der Waals surface area contributed by atoms with Crippen LogP contribution >= 0.6 is 0 Å². The number of fused-ring (bicyclic) bond motifs is 4. The number of methoxy groups -OCH3 is 3. The maximum atomic E-state index is 13.1. The Bertz CT molecular complexity index is 1410. The van der Waals surface area contributed by atoms with Crippen molar-refractivity contribution in [3.8, 4) is 45.6 Å². The van der Waals surface area contributed by atoms with Gasteiger partial charge in [0.1, 0.15) is 6.10 Å². The molecule has 0 saturated heterocycles. The van der Waals surface area contributed by atoms with E-state index in [1.54, 1.807) is 19.3 Å². The first kappa shape index (κ1) is 26.3. The third kappa shape index (κ3) is 4.71. The topological polar surface area (TPSA) is 92.7 Å². The molecule has 1 N–H and O–H groups in total. The second kappa shape index (κ2) is 10.8. The molecule has 39 heavy (non-hydrogen) atoms. The highest BCUT2D eigenvalue weighted by atomic mass is 16.7. The van der Waals surface area contributed by atoms with Crippen LogP contribution in [0, 0.1) is 11.8 Å². The summed E-state index contributed by atoms with van der Waals surface area (Å²) >= 11 is 0. The van der Waals surface area contributed by atoms with E-state index in [2.05, 4.69) is 6.92 Å². The minimum Gasteiger partial charge on any atom is -0.504 e. The van der Waals surface area contributed by atoms with Gasteiger partial charge in [0.2, 0.25) is 18.3 Å². The number of benzene rings is 3. The molecule has 0 unspecified atom stereocenters. The Morgan fingerprint density at radius 1 is 0.949 bits per heavy atom. The molecule has 0 amide bonds. The van der Waals surface area contributed by atoms with Crippen molar-refractivity contribution < 1.29 is 38.3 Å². The molecule has 3 aromatic carbocycles. The van der Waals surface area contributed by atoms with Crippen LogP contribution in [0.3, 0.4) is 0 Å². The van der Waals surface area contributed by atoms with Crippen molar-refractivity contribution in [2.75, 3.05) is 28.1 Å². The number of hydrogen-bond acceptors (Lipinski definition) is 8. The van der Waals surface area contributed by atoms with Crippen LogP contribution in [-0.2, 0) is 16.0 Å². The normalized spacial score (nSPS) is 19.5. The summed E-state index contributed by atoms with van der Waals surface area (Å²) in [6.07, 6.45) is 3.06. The number of hydrogen-bond donors (Lipinski definition) is 1. The molecule has 8 nitrogen and oxygen atoms in total. The SMILES string of the molecule is COc1c(O)cc2c(c1OC)-c1c(cc3c(c1OC)OCO3)C[C@H](C)[C@H](C)[C@H]2OC(=O)/C=C/c1ccccc1. The van der Waals surface area contributed by atoms with Crippen LogP contribution in [0.2, 0.25) is 0 Å². The smallest absolute Gasteiger partial charge is 0.331 e. The molecular formula is C31H32O8. The summed E-state index contributed by atoms with van der Waals surface area (Å²) in [5.74, 6) is 1.35. The Morgan fingerprint density at radius 2 is 1.67 bits per heavy atom. The summed E-state index contributed by atoms with van der Waals surface area (Å²) < 4.78 is 34.9. The number of ether oxygens (including phenoxy) is 6. The molecule has 0 fully saturated rings. The van der Waals surface area contributed by atoms with E-state index in [1.165, 1.54) is 20.3 Å². The summed E-state index contributed by atoms with van der Waals surface area (Å²) in [7, 11) is 4.53. The molecule has 204 valence electrons. The molecule has 1 aliphatic heterocycles. The van der Waals surface area contributed by atoms with Crippen molar-refractivity contribution in [1.29, 1.82) is 0 Å². The third-order valence-corrected chi connectivity index (χ3v) is 7.49. The highest BCUT2D eigenvalue weighted by Gasteiger charge is 2.39. The number of carbonyl (C=O) groups is 1. The Labute approximate surface area is 227 Å². The van der Waals surface area contributed by atoms with Crippen LogP contribution < -0.4 is 23.7 Å². The fourth-order valence-electron chi connectivity index (χ4n) is 5.39. The first-order chi connectivity index (χ1) is 18.9. The van der Waals surface area contributed by atoms with Crippen LogP contribution in [0.4, 0.5) is 0 Å². The van der Waals surface area contributed by atoms with E-state index in [4.69, 9.17) is 28.4 Å². The monoisotopic (exact) mass is 532 g/mol. The second-order valence-electron chi connectivity index (χ2n) is 9.75. The molecule has 8 heteroatoms. The number of esters is 1. The summed E-state index contributed by atoms with van der Waals surface area (Å²) in [4.78, 5) is 13.1. The number of carbonyl (C=O) groups excluding carboxylic acids is 1. The minimum atomic E-state index is -0.711. The van der Waals surface area contributed by atoms with E-state index < -0.39 is 12.1 Å². The highest BCUT2D eigenvalue weighted by Crippen LogP contribution is 2.58. The Kier molecular flexibility index (Phi) is 7.28. The average molecular weight is 533 g/mol. The van der Waals surface area contributed by atoms with Gasteiger partial charge in [0.15, 0.2) is 23.0 Å². The molecule has 3 aromatic rings. The number of phenolic OH excluding ortho intramolecular Hbond substituents is 1. The van der Waals surface area contributed by atoms with E-state index in [9.17, 15) is 9.90 Å². The predicted molar refractivity (Wildman–Crippen MR) is 146 cm³/mol. The van der Waals surface area contributed by atoms with E-state index in [-0.39, 0.29) is 30.1 Å². The molecule has 5 rings (SSSR count). The maximum Gasteiger partial charge on any atom is 0.331 e. The van der Waals surface area contributed by atoms with Gasteiger partial charge in [-0.25, -0.2) is 4.79 Å². The van der Waals surface area contributed by atoms with Crippen LogP contribution in [0.1, 0.15) is 36.6 Å². The fourth-order valence-corrected chi connectivity index (χ4v) is 5.39. The van der Waals surface area contributed by atoms with Gasteiger partial charge in [0, 0.05) is 28.7 Å². The summed E-state index contributed by atoms with van der Waals surface area (Å²) in [5, 5.41) is 11.0. The fraction of sp³-hybridized carbons (Fsp3) is 0.323. The Morgan fingerprint density at radius 3 is 2.36 bits per heavy atom. The van der Waals surface area contributed by atoms with Crippen molar-refractivity contribution in [2.24, 2.45) is 11.8 Å². The number of phenols is 1. The van der Waals surface area contributed by atoms with Crippen molar-refractivity contribution in [2.45, 2.75) is 26.4 Å². The Hall–Kier alpha value is -4.33. The van der Waals surface area contributed by atoms with Crippen molar-refractivity contribution in [3.63, 3.8) is 0 Å².